The van der Waals surface area contributed by atoms with Gasteiger partial charge in [-0.2, -0.15) is 0 Å². The highest BCUT2D eigenvalue weighted by Gasteiger charge is 2.36. The summed E-state index contributed by atoms with van der Waals surface area (Å²) in [6, 6.07) is -0.674. The number of hydrogen-bond donors (Lipinski definition) is 1. The molecule has 1 aliphatic heterocycles. The molecule has 0 saturated carbocycles. The third-order valence-corrected chi connectivity index (χ3v) is 3.67. The van der Waals surface area contributed by atoms with Crippen LogP contribution in [0.4, 0.5) is 0 Å². The lowest BCUT2D eigenvalue weighted by molar-refractivity contribution is -0.138. The molecular weight excluding hydrogens is 268 g/mol. The van der Waals surface area contributed by atoms with Crippen molar-refractivity contribution in [2.75, 3.05) is 6.54 Å². The van der Waals surface area contributed by atoms with Gasteiger partial charge in [0.1, 0.15) is 17.5 Å². The molecule has 0 spiro atoms. The number of carbonyl (C=O) groups is 3. The van der Waals surface area contributed by atoms with Crippen LogP contribution in [0.2, 0.25) is 0 Å². The minimum Gasteiger partial charge on any atom is -0.317 e. The van der Waals surface area contributed by atoms with Gasteiger partial charge in [0.2, 0.25) is 11.8 Å². The molecule has 1 atom stereocenters. The van der Waals surface area contributed by atoms with Crippen molar-refractivity contribution in [2.45, 2.75) is 32.7 Å². The van der Waals surface area contributed by atoms with E-state index in [4.69, 9.17) is 0 Å². The third kappa shape index (κ3) is 2.48. The maximum Gasteiger partial charge on any atom is 0.268 e. The second-order valence-electron chi connectivity index (χ2n) is 4.66. The van der Waals surface area contributed by atoms with Gasteiger partial charge in [0, 0.05) is 0 Å². The van der Waals surface area contributed by atoms with Gasteiger partial charge in [-0.05, 0) is 24.4 Å². The number of hydrogen-bond acceptors (Lipinski definition) is 6. The van der Waals surface area contributed by atoms with Crippen LogP contribution in [0.3, 0.4) is 0 Å². The van der Waals surface area contributed by atoms with Crippen molar-refractivity contribution in [3.05, 3.63) is 10.6 Å². The fourth-order valence-electron chi connectivity index (χ4n) is 1.82. The van der Waals surface area contributed by atoms with E-state index in [2.05, 4.69) is 14.9 Å². The predicted octanol–water partition coefficient (Wildman–Crippen LogP) is 0.149. The zero-order valence-electron chi connectivity index (χ0n) is 10.8. The maximum absolute atomic E-state index is 12.4. The Morgan fingerprint density at radius 3 is 2.79 bits per heavy atom. The van der Waals surface area contributed by atoms with Crippen LogP contribution in [0.5, 0.6) is 0 Å². The second-order valence-corrected chi connectivity index (χ2v) is 5.42. The van der Waals surface area contributed by atoms with Crippen LogP contribution < -0.4 is 5.32 Å². The lowest BCUT2D eigenvalue weighted by Crippen LogP contribution is -2.58. The number of aromatic nitrogens is 2. The molecular formula is C11H14N4O3S. The molecule has 2 rings (SSSR count). The van der Waals surface area contributed by atoms with Crippen LogP contribution >= 0.6 is 11.5 Å². The smallest absolute Gasteiger partial charge is 0.268 e. The van der Waals surface area contributed by atoms with Crippen molar-refractivity contribution >= 4 is 29.3 Å². The number of rotatable bonds is 2. The molecule has 1 fully saturated rings. The van der Waals surface area contributed by atoms with E-state index in [9.17, 15) is 14.4 Å². The van der Waals surface area contributed by atoms with Crippen LogP contribution in [0.25, 0.3) is 0 Å². The van der Waals surface area contributed by atoms with Crippen LogP contribution in [0.1, 0.15) is 42.1 Å². The fourth-order valence-corrected chi connectivity index (χ4v) is 2.59. The summed E-state index contributed by atoms with van der Waals surface area (Å²) in [5, 5.41) is 6.13. The Morgan fingerprint density at radius 2 is 2.16 bits per heavy atom. The molecule has 102 valence electrons. The van der Waals surface area contributed by atoms with Crippen molar-refractivity contribution in [1.29, 1.82) is 0 Å². The fraction of sp³-hybridized carbons (Fsp3) is 0.545. The van der Waals surface area contributed by atoms with Gasteiger partial charge in [-0.3, -0.25) is 19.7 Å². The summed E-state index contributed by atoms with van der Waals surface area (Å²) in [5.74, 6) is -1.25. The Balaban J connectivity index is 2.30. The van der Waals surface area contributed by atoms with Gasteiger partial charge < -0.3 is 4.90 Å². The number of piperazine rings is 1. The topological polar surface area (TPSA) is 92.3 Å². The Hall–Kier alpha value is -1.83. The standard InChI is InChI=1S/C11H14N4O3S/c1-5(2)8-9(19-14-13-8)11(18)15-4-7(16)12-10(17)6(15)3/h5-6H,4H2,1-3H3,(H,12,16,17). The van der Waals surface area contributed by atoms with Crippen LogP contribution in [0, 0.1) is 0 Å². The van der Waals surface area contributed by atoms with E-state index in [1.54, 1.807) is 6.92 Å². The molecule has 0 radical (unpaired) electrons. The van der Waals surface area contributed by atoms with Gasteiger partial charge >= 0.3 is 0 Å². The van der Waals surface area contributed by atoms with Gasteiger partial charge in [0.15, 0.2) is 0 Å². The Bertz CT molecular complexity index is 540. The van der Waals surface area contributed by atoms with Crippen molar-refractivity contribution in [3.8, 4) is 0 Å². The number of carbonyl (C=O) groups excluding carboxylic acids is 3. The average Bonchev–Trinajstić information content (AvgIpc) is 2.82. The van der Waals surface area contributed by atoms with E-state index >= 15 is 0 Å². The van der Waals surface area contributed by atoms with E-state index < -0.39 is 17.9 Å². The van der Waals surface area contributed by atoms with Crippen molar-refractivity contribution in [2.24, 2.45) is 0 Å². The SMILES string of the molecule is CC(C)c1nnsc1C(=O)N1CC(=O)NC(=O)C1C. The van der Waals surface area contributed by atoms with Crippen molar-refractivity contribution < 1.29 is 14.4 Å². The highest BCUT2D eigenvalue weighted by molar-refractivity contribution is 7.08. The lowest BCUT2D eigenvalue weighted by Gasteiger charge is -2.31. The largest absolute Gasteiger partial charge is 0.317 e. The minimum absolute atomic E-state index is 0.0577. The highest BCUT2D eigenvalue weighted by atomic mass is 32.1. The monoisotopic (exact) mass is 282 g/mol. The molecule has 8 heteroatoms. The molecule has 1 N–H and O–H groups in total. The molecule has 3 amide bonds. The van der Waals surface area contributed by atoms with Gasteiger partial charge in [-0.1, -0.05) is 18.3 Å². The Kier molecular flexibility index (Phi) is 3.61. The molecule has 1 aliphatic rings. The third-order valence-electron chi connectivity index (χ3n) is 2.94. The highest BCUT2D eigenvalue weighted by Crippen LogP contribution is 2.22. The first-order valence-corrected chi connectivity index (χ1v) is 6.66. The average molecular weight is 282 g/mol. The summed E-state index contributed by atoms with van der Waals surface area (Å²) in [4.78, 5) is 37.0. The first-order valence-electron chi connectivity index (χ1n) is 5.88. The number of imide groups is 1. The summed E-state index contributed by atoms with van der Waals surface area (Å²) in [6.45, 7) is 5.28. The predicted molar refractivity (Wildman–Crippen MR) is 67.6 cm³/mol. The minimum atomic E-state index is -0.674. The first-order chi connectivity index (χ1) is 8.91. The first kappa shape index (κ1) is 13.6. The summed E-state index contributed by atoms with van der Waals surface area (Å²) in [7, 11) is 0. The van der Waals surface area contributed by atoms with Crippen LogP contribution in [-0.2, 0) is 9.59 Å². The lowest BCUT2D eigenvalue weighted by atomic mass is 10.1. The Labute approximate surface area is 114 Å². The maximum atomic E-state index is 12.4. The molecule has 7 nitrogen and oxygen atoms in total. The van der Waals surface area contributed by atoms with E-state index in [0.717, 1.165) is 11.5 Å². The van der Waals surface area contributed by atoms with Crippen molar-refractivity contribution in [1.82, 2.24) is 19.8 Å². The van der Waals surface area contributed by atoms with Crippen LogP contribution in [0.15, 0.2) is 0 Å². The molecule has 19 heavy (non-hydrogen) atoms. The summed E-state index contributed by atoms with van der Waals surface area (Å²) in [5.41, 5.74) is 0.598. The van der Waals surface area contributed by atoms with E-state index in [1.165, 1.54) is 4.90 Å². The molecule has 0 aromatic carbocycles. The number of nitrogens with zero attached hydrogens (tertiary/aromatic N) is 3. The summed E-state index contributed by atoms with van der Waals surface area (Å²) < 4.78 is 3.78. The quantitative estimate of drug-likeness (QED) is 0.779. The van der Waals surface area contributed by atoms with Gasteiger partial charge in [0.25, 0.3) is 5.91 Å². The normalized spacial score (nSPS) is 19.8. The Morgan fingerprint density at radius 1 is 1.47 bits per heavy atom. The zero-order chi connectivity index (χ0) is 14.2. The molecule has 1 unspecified atom stereocenters. The van der Waals surface area contributed by atoms with Crippen molar-refractivity contribution in [3.63, 3.8) is 0 Å². The van der Waals surface area contributed by atoms with E-state index in [0.29, 0.717) is 10.6 Å². The molecule has 1 aromatic rings. The number of amides is 3. The molecule has 0 bridgehead atoms. The second kappa shape index (κ2) is 5.04. The van der Waals surface area contributed by atoms with Gasteiger partial charge in [-0.15, -0.1) is 5.10 Å². The van der Waals surface area contributed by atoms with E-state index in [1.807, 2.05) is 13.8 Å². The summed E-state index contributed by atoms with van der Waals surface area (Å²) in [6.07, 6.45) is 0. The number of nitrogens with one attached hydrogen (secondary N) is 1. The van der Waals surface area contributed by atoms with Gasteiger partial charge in [0.05, 0.1) is 5.69 Å². The zero-order valence-corrected chi connectivity index (χ0v) is 11.7. The van der Waals surface area contributed by atoms with E-state index in [-0.39, 0.29) is 18.4 Å². The molecule has 1 saturated heterocycles. The van der Waals surface area contributed by atoms with Crippen LogP contribution in [-0.4, -0.2) is 44.8 Å². The molecule has 2 heterocycles. The van der Waals surface area contributed by atoms with Gasteiger partial charge in [-0.25, -0.2) is 0 Å². The molecule has 1 aromatic heterocycles. The summed E-state index contributed by atoms with van der Waals surface area (Å²) >= 11 is 0.989. The molecule has 0 aliphatic carbocycles.